The average Bonchev–Trinajstić information content (AvgIpc) is 2.87. The van der Waals surface area contributed by atoms with Gasteiger partial charge in [-0.05, 0) is 59.4 Å². The van der Waals surface area contributed by atoms with E-state index >= 15 is 0 Å². The number of carbonyl (C=O) groups excluding carboxylic acids is 1. The number of hydrogen-bond acceptors (Lipinski definition) is 5. The first-order valence-corrected chi connectivity index (χ1v) is 11.0. The minimum atomic E-state index is -0.341. The summed E-state index contributed by atoms with van der Waals surface area (Å²) in [4.78, 5) is 12.0. The first kappa shape index (κ1) is 23.9. The van der Waals surface area contributed by atoms with Crippen LogP contribution in [-0.2, 0) is 11.4 Å². The second kappa shape index (κ2) is 12.3. The van der Waals surface area contributed by atoms with Crippen molar-refractivity contribution in [2.75, 3.05) is 13.7 Å². The van der Waals surface area contributed by atoms with E-state index in [4.69, 9.17) is 14.2 Å². The summed E-state index contributed by atoms with van der Waals surface area (Å²) in [7, 11) is 1.58. The monoisotopic (exact) mass is 446 g/mol. The van der Waals surface area contributed by atoms with E-state index in [-0.39, 0.29) is 12.5 Å². The lowest BCUT2D eigenvalue weighted by atomic mass is 9.99. The Morgan fingerprint density at radius 1 is 1.00 bits per heavy atom. The summed E-state index contributed by atoms with van der Waals surface area (Å²) in [6.07, 6.45) is 2.62. The van der Waals surface area contributed by atoms with Crippen molar-refractivity contribution >= 4 is 12.1 Å². The molecular weight excluding hydrogens is 416 g/mol. The topological polar surface area (TPSA) is 69.2 Å². The Balaban J connectivity index is 1.48. The van der Waals surface area contributed by atoms with E-state index in [1.807, 2.05) is 66.7 Å². The zero-order valence-corrected chi connectivity index (χ0v) is 19.3. The van der Waals surface area contributed by atoms with Crippen molar-refractivity contribution in [2.24, 2.45) is 5.10 Å². The largest absolute Gasteiger partial charge is 0.493 e. The second-order valence-electron chi connectivity index (χ2n) is 7.64. The summed E-state index contributed by atoms with van der Waals surface area (Å²) in [6.45, 7) is 4.67. The molecule has 3 aromatic carbocycles. The Hall–Kier alpha value is -3.80. The molecule has 0 saturated carbocycles. The fourth-order valence-electron chi connectivity index (χ4n) is 3.11. The molecule has 0 unspecified atom stereocenters. The summed E-state index contributed by atoms with van der Waals surface area (Å²) < 4.78 is 16.8. The zero-order valence-electron chi connectivity index (χ0n) is 19.3. The fraction of sp³-hybridized carbons (Fsp3) is 0.259. The summed E-state index contributed by atoms with van der Waals surface area (Å²) in [5.74, 6) is 2.03. The molecule has 1 N–H and O–H groups in total. The van der Waals surface area contributed by atoms with E-state index in [0.717, 1.165) is 17.5 Å². The standard InChI is InChI=1S/C27H30N2O4/c1-4-20(2)23-11-13-24(14-12-23)32-19-27(30)29-28-17-22-10-15-25(26(16-22)31-3)33-18-21-8-6-5-7-9-21/h5-17,20H,4,18-19H2,1-3H3,(H,29,30)/b28-17-/t20-/m1/s1. The zero-order chi connectivity index (χ0) is 23.5. The van der Waals surface area contributed by atoms with E-state index < -0.39 is 0 Å². The van der Waals surface area contributed by atoms with Gasteiger partial charge in [0, 0.05) is 0 Å². The Kier molecular flexibility index (Phi) is 8.88. The molecule has 1 amide bonds. The Bertz CT molecular complexity index is 1050. The number of amides is 1. The highest BCUT2D eigenvalue weighted by Gasteiger charge is 2.07. The van der Waals surface area contributed by atoms with Gasteiger partial charge in [-0.25, -0.2) is 5.43 Å². The maximum atomic E-state index is 12.0. The highest BCUT2D eigenvalue weighted by molar-refractivity contribution is 5.83. The van der Waals surface area contributed by atoms with E-state index in [1.54, 1.807) is 19.4 Å². The maximum absolute atomic E-state index is 12.0. The molecule has 0 heterocycles. The van der Waals surface area contributed by atoms with Gasteiger partial charge < -0.3 is 14.2 Å². The van der Waals surface area contributed by atoms with Crippen LogP contribution in [0.2, 0.25) is 0 Å². The van der Waals surface area contributed by atoms with Crippen molar-refractivity contribution in [2.45, 2.75) is 32.8 Å². The number of rotatable bonds is 11. The average molecular weight is 447 g/mol. The lowest BCUT2D eigenvalue weighted by Crippen LogP contribution is -2.24. The van der Waals surface area contributed by atoms with Gasteiger partial charge in [0.1, 0.15) is 12.4 Å². The number of benzene rings is 3. The quantitative estimate of drug-likeness (QED) is 0.320. The van der Waals surface area contributed by atoms with Crippen molar-refractivity contribution in [3.8, 4) is 17.2 Å². The molecule has 172 valence electrons. The summed E-state index contributed by atoms with van der Waals surface area (Å²) in [5.41, 5.74) is 5.56. The molecule has 0 bridgehead atoms. The predicted octanol–water partition coefficient (Wildman–Crippen LogP) is 5.32. The molecule has 6 heteroatoms. The Morgan fingerprint density at radius 2 is 1.76 bits per heavy atom. The van der Waals surface area contributed by atoms with Gasteiger partial charge in [0.15, 0.2) is 18.1 Å². The van der Waals surface area contributed by atoms with Crippen LogP contribution in [0.4, 0.5) is 0 Å². The second-order valence-corrected chi connectivity index (χ2v) is 7.64. The third-order valence-electron chi connectivity index (χ3n) is 5.26. The van der Waals surface area contributed by atoms with Crippen LogP contribution in [0.25, 0.3) is 0 Å². The number of hydrogen-bond donors (Lipinski definition) is 1. The number of methoxy groups -OCH3 is 1. The van der Waals surface area contributed by atoms with Gasteiger partial charge in [0.2, 0.25) is 0 Å². The number of ether oxygens (including phenoxy) is 3. The lowest BCUT2D eigenvalue weighted by Gasteiger charge is -2.11. The first-order chi connectivity index (χ1) is 16.1. The minimum absolute atomic E-state index is 0.115. The Labute approximate surface area is 195 Å². The molecule has 3 aromatic rings. The molecule has 1 atom stereocenters. The molecule has 0 aromatic heterocycles. The lowest BCUT2D eigenvalue weighted by molar-refractivity contribution is -0.123. The molecule has 0 aliphatic rings. The molecule has 0 fully saturated rings. The van der Waals surface area contributed by atoms with E-state index in [9.17, 15) is 4.79 Å². The molecule has 3 rings (SSSR count). The van der Waals surface area contributed by atoms with Crippen LogP contribution < -0.4 is 19.6 Å². The molecule has 33 heavy (non-hydrogen) atoms. The fourth-order valence-corrected chi connectivity index (χ4v) is 3.11. The van der Waals surface area contributed by atoms with Crippen LogP contribution in [0, 0.1) is 0 Å². The van der Waals surface area contributed by atoms with E-state index in [2.05, 4.69) is 24.4 Å². The summed E-state index contributed by atoms with van der Waals surface area (Å²) in [6, 6.07) is 23.2. The minimum Gasteiger partial charge on any atom is -0.493 e. The van der Waals surface area contributed by atoms with Crippen molar-refractivity contribution in [1.82, 2.24) is 5.43 Å². The Morgan fingerprint density at radius 3 is 2.45 bits per heavy atom. The highest BCUT2D eigenvalue weighted by atomic mass is 16.5. The highest BCUT2D eigenvalue weighted by Crippen LogP contribution is 2.28. The predicted molar refractivity (Wildman–Crippen MR) is 130 cm³/mol. The number of nitrogens with one attached hydrogen (secondary N) is 1. The molecule has 0 aliphatic carbocycles. The first-order valence-electron chi connectivity index (χ1n) is 11.0. The molecule has 0 saturated heterocycles. The van der Waals surface area contributed by atoms with Gasteiger partial charge in [-0.2, -0.15) is 5.10 Å². The third-order valence-corrected chi connectivity index (χ3v) is 5.26. The van der Waals surface area contributed by atoms with E-state index in [1.165, 1.54) is 5.56 Å². The summed E-state index contributed by atoms with van der Waals surface area (Å²) in [5, 5.41) is 4.00. The van der Waals surface area contributed by atoms with Crippen LogP contribution in [0.15, 0.2) is 77.9 Å². The van der Waals surface area contributed by atoms with Crippen molar-refractivity contribution in [1.29, 1.82) is 0 Å². The van der Waals surface area contributed by atoms with Crippen LogP contribution in [0.1, 0.15) is 42.9 Å². The smallest absolute Gasteiger partial charge is 0.277 e. The molecule has 0 spiro atoms. The molecule has 0 radical (unpaired) electrons. The molecule has 0 aliphatic heterocycles. The number of hydrazone groups is 1. The van der Waals surface area contributed by atoms with Gasteiger partial charge in [-0.1, -0.05) is 56.3 Å². The van der Waals surface area contributed by atoms with Crippen molar-refractivity contribution in [3.63, 3.8) is 0 Å². The number of carbonyl (C=O) groups is 1. The number of nitrogens with zero attached hydrogens (tertiary/aromatic N) is 1. The van der Waals surface area contributed by atoms with Gasteiger partial charge >= 0.3 is 0 Å². The third kappa shape index (κ3) is 7.38. The van der Waals surface area contributed by atoms with Crippen LogP contribution in [-0.4, -0.2) is 25.8 Å². The SMILES string of the molecule is CC[C@@H](C)c1ccc(OCC(=O)N/N=C\c2ccc(OCc3ccccc3)c(OC)c2)cc1. The van der Waals surface area contributed by atoms with Crippen LogP contribution in [0.3, 0.4) is 0 Å². The van der Waals surface area contributed by atoms with E-state index in [0.29, 0.717) is 29.8 Å². The van der Waals surface area contributed by atoms with Gasteiger partial charge in [0.25, 0.3) is 5.91 Å². The van der Waals surface area contributed by atoms with Crippen LogP contribution >= 0.6 is 0 Å². The van der Waals surface area contributed by atoms with Crippen LogP contribution in [0.5, 0.6) is 17.2 Å². The van der Waals surface area contributed by atoms with Gasteiger partial charge in [-0.15, -0.1) is 0 Å². The maximum Gasteiger partial charge on any atom is 0.277 e. The molecule has 6 nitrogen and oxygen atoms in total. The normalized spacial score (nSPS) is 11.7. The summed E-state index contributed by atoms with van der Waals surface area (Å²) >= 11 is 0. The van der Waals surface area contributed by atoms with Crippen molar-refractivity contribution in [3.05, 3.63) is 89.5 Å². The van der Waals surface area contributed by atoms with Crippen molar-refractivity contribution < 1.29 is 19.0 Å². The van der Waals surface area contributed by atoms with Gasteiger partial charge in [-0.3, -0.25) is 4.79 Å². The van der Waals surface area contributed by atoms with Gasteiger partial charge in [0.05, 0.1) is 13.3 Å². The molecular formula is C27H30N2O4.